The molecule has 10 heteroatoms. The Hall–Kier alpha value is -2.88. The fourth-order valence-electron chi connectivity index (χ4n) is 3.93. The summed E-state index contributed by atoms with van der Waals surface area (Å²) < 4.78 is 40.4. The third kappa shape index (κ3) is 3.91. The minimum absolute atomic E-state index is 0.0204. The quantitative estimate of drug-likeness (QED) is 0.733. The molecule has 3 aliphatic rings. The molecule has 0 aliphatic carbocycles. The van der Waals surface area contributed by atoms with E-state index >= 15 is 0 Å². The van der Waals surface area contributed by atoms with Crippen LogP contribution in [0.2, 0.25) is 0 Å². The van der Waals surface area contributed by atoms with Gasteiger partial charge in [-0.2, -0.15) is 18.3 Å². The lowest BCUT2D eigenvalue weighted by Gasteiger charge is -2.41. The molecule has 1 fully saturated rings. The van der Waals surface area contributed by atoms with Crippen LogP contribution in [0.4, 0.5) is 18.9 Å². The van der Waals surface area contributed by atoms with Crippen LogP contribution < -0.4 is 15.5 Å². The van der Waals surface area contributed by atoms with Crippen molar-refractivity contribution in [2.45, 2.75) is 19.1 Å². The van der Waals surface area contributed by atoms with Gasteiger partial charge in [0.05, 0.1) is 23.9 Å². The van der Waals surface area contributed by atoms with Gasteiger partial charge < -0.3 is 15.5 Å². The van der Waals surface area contributed by atoms with Crippen molar-refractivity contribution >= 4 is 23.6 Å². The van der Waals surface area contributed by atoms with E-state index in [9.17, 15) is 18.0 Å². The van der Waals surface area contributed by atoms with Gasteiger partial charge in [-0.1, -0.05) is 13.0 Å². The second-order valence-corrected chi connectivity index (χ2v) is 7.43. The van der Waals surface area contributed by atoms with Crippen molar-refractivity contribution in [3.8, 4) is 0 Å². The molecule has 0 aromatic heterocycles. The molecule has 30 heavy (non-hydrogen) atoms. The Morgan fingerprint density at radius 2 is 2.10 bits per heavy atom. The number of hydrogen-bond acceptors (Lipinski definition) is 7. The molecule has 4 rings (SSSR count). The summed E-state index contributed by atoms with van der Waals surface area (Å²) in [5.74, 6) is 0.688. The topological polar surface area (TPSA) is 72.3 Å². The van der Waals surface area contributed by atoms with Gasteiger partial charge in [-0.25, -0.2) is 10.0 Å². The smallest absolute Gasteiger partial charge is 0.361 e. The van der Waals surface area contributed by atoms with Crippen molar-refractivity contribution in [1.29, 1.82) is 0 Å². The number of nitrogens with one attached hydrogen (secondary N) is 2. The highest BCUT2D eigenvalue weighted by molar-refractivity contribution is 5.98. The molecule has 7 nitrogen and oxygen atoms in total. The molecule has 2 atom stereocenters. The van der Waals surface area contributed by atoms with Crippen LogP contribution in [0.15, 0.2) is 40.6 Å². The first-order valence-electron chi connectivity index (χ1n) is 9.86. The molecule has 1 aromatic carbocycles. The van der Waals surface area contributed by atoms with Gasteiger partial charge >= 0.3 is 6.18 Å². The van der Waals surface area contributed by atoms with Gasteiger partial charge in [0.1, 0.15) is 0 Å². The van der Waals surface area contributed by atoms with Crippen molar-refractivity contribution in [1.82, 2.24) is 15.6 Å². The Labute approximate surface area is 172 Å². The first-order valence-corrected chi connectivity index (χ1v) is 9.86. The molecule has 0 bridgehead atoms. The number of anilines is 1. The van der Waals surface area contributed by atoms with Crippen molar-refractivity contribution in [3.05, 3.63) is 41.6 Å². The first-order chi connectivity index (χ1) is 14.4. The number of allylic oxidation sites excluding steroid dienone is 1. The molecule has 0 spiro atoms. The van der Waals surface area contributed by atoms with Crippen LogP contribution >= 0.6 is 0 Å². The summed E-state index contributed by atoms with van der Waals surface area (Å²) in [5.41, 5.74) is -0.0152. The highest BCUT2D eigenvalue weighted by atomic mass is 19.4. The third-order valence-electron chi connectivity index (χ3n) is 5.46. The van der Waals surface area contributed by atoms with E-state index in [2.05, 4.69) is 15.6 Å². The summed E-state index contributed by atoms with van der Waals surface area (Å²) in [6.45, 7) is 5.17. The number of carbonyl (C=O) groups excluding carboxylic acids is 1. The summed E-state index contributed by atoms with van der Waals surface area (Å²) in [5, 5.41) is 12.9. The maximum Gasteiger partial charge on any atom is 0.417 e. The largest absolute Gasteiger partial charge is 0.417 e. The fourth-order valence-corrected chi connectivity index (χ4v) is 3.93. The number of piperazine rings is 1. The second-order valence-electron chi connectivity index (χ2n) is 7.43. The molecule has 160 valence electrons. The van der Waals surface area contributed by atoms with Crippen molar-refractivity contribution in [3.63, 3.8) is 0 Å². The van der Waals surface area contributed by atoms with Crippen LogP contribution in [-0.2, 0) is 6.18 Å². The molecular weight excluding hydrogens is 397 g/mol. The Morgan fingerprint density at radius 3 is 2.80 bits per heavy atom. The van der Waals surface area contributed by atoms with Gasteiger partial charge in [-0.3, -0.25) is 4.79 Å². The molecular formula is C20H23F3N6O. The molecule has 2 unspecified atom stereocenters. The summed E-state index contributed by atoms with van der Waals surface area (Å²) in [6.07, 6.45) is -0.495. The number of guanidine groups is 1. The van der Waals surface area contributed by atoms with E-state index in [1.807, 2.05) is 24.1 Å². The number of rotatable bonds is 3. The van der Waals surface area contributed by atoms with E-state index in [0.717, 1.165) is 18.3 Å². The Bertz CT molecular complexity index is 910. The number of hydrogen-bond donors (Lipinski definition) is 2. The average molecular weight is 420 g/mol. The zero-order chi connectivity index (χ0) is 21.3. The monoisotopic (exact) mass is 420 g/mol. The number of aldehydes is 1. The molecule has 1 saturated heterocycles. The van der Waals surface area contributed by atoms with Crippen LogP contribution in [-0.4, -0.2) is 61.7 Å². The van der Waals surface area contributed by atoms with Crippen LogP contribution in [0, 0.1) is 5.92 Å². The Balaban J connectivity index is 1.69. The predicted molar refractivity (Wildman–Crippen MR) is 109 cm³/mol. The van der Waals surface area contributed by atoms with Crippen LogP contribution in [0.25, 0.3) is 0 Å². The molecule has 0 amide bonds. The molecule has 0 saturated carbocycles. The van der Waals surface area contributed by atoms with Gasteiger partial charge in [0.25, 0.3) is 0 Å². The number of carbonyl (C=O) groups is 1. The summed E-state index contributed by atoms with van der Waals surface area (Å²) >= 11 is 0. The maximum absolute atomic E-state index is 13.5. The normalized spacial score (nSPS) is 24.4. The number of hydrazone groups is 1. The first kappa shape index (κ1) is 20.4. The van der Waals surface area contributed by atoms with Gasteiger partial charge in [-0.15, -0.1) is 0 Å². The van der Waals surface area contributed by atoms with Crippen LogP contribution in [0.5, 0.6) is 0 Å². The number of halogens is 3. The van der Waals surface area contributed by atoms with Crippen molar-refractivity contribution in [2.75, 3.05) is 37.6 Å². The van der Waals surface area contributed by atoms with Gasteiger partial charge in [0.2, 0.25) is 5.96 Å². The SMILES string of the molecule is CC1C=CN(C2=NCCN2)N=C1C1CNCCN1c1ccc(C=O)c(C(F)(F)F)c1. The molecule has 3 aliphatic heterocycles. The van der Waals surface area contributed by atoms with Crippen LogP contribution in [0.3, 0.4) is 0 Å². The second kappa shape index (κ2) is 8.10. The highest BCUT2D eigenvalue weighted by Gasteiger charge is 2.36. The average Bonchev–Trinajstić information content (AvgIpc) is 3.28. The predicted octanol–water partition coefficient (Wildman–Crippen LogP) is 2.08. The molecule has 1 aromatic rings. The van der Waals surface area contributed by atoms with E-state index in [0.29, 0.717) is 37.8 Å². The standard InChI is InChI=1S/C20H23F3N6O/c1-13-4-8-29(19-25-5-6-26-19)27-18(13)17-11-24-7-9-28(17)15-3-2-14(12-30)16(10-15)20(21,22)23/h2-4,8,10,12-13,17,24H,5-7,9,11H2,1H3,(H,25,26). The maximum atomic E-state index is 13.5. The van der Waals surface area contributed by atoms with E-state index in [-0.39, 0.29) is 23.8 Å². The fraction of sp³-hybridized carbons (Fsp3) is 0.450. The van der Waals surface area contributed by atoms with E-state index < -0.39 is 11.7 Å². The lowest BCUT2D eigenvalue weighted by atomic mass is 9.94. The zero-order valence-electron chi connectivity index (χ0n) is 16.5. The molecule has 3 heterocycles. The van der Waals surface area contributed by atoms with E-state index in [1.165, 1.54) is 6.07 Å². The third-order valence-corrected chi connectivity index (χ3v) is 5.46. The summed E-state index contributed by atoms with van der Waals surface area (Å²) in [7, 11) is 0. The lowest BCUT2D eigenvalue weighted by Crippen LogP contribution is -2.57. The Kier molecular flexibility index (Phi) is 5.50. The number of nitrogens with zero attached hydrogens (tertiary/aromatic N) is 4. The number of aliphatic imine (C=N–C) groups is 1. The van der Waals surface area contributed by atoms with Crippen molar-refractivity contribution in [2.24, 2.45) is 16.0 Å². The Morgan fingerprint density at radius 1 is 1.27 bits per heavy atom. The minimum Gasteiger partial charge on any atom is -0.361 e. The summed E-state index contributed by atoms with van der Waals surface area (Å²) in [6, 6.07) is 3.64. The lowest BCUT2D eigenvalue weighted by molar-refractivity contribution is -0.137. The van der Waals surface area contributed by atoms with E-state index in [4.69, 9.17) is 5.10 Å². The van der Waals surface area contributed by atoms with Gasteiger partial charge in [0.15, 0.2) is 6.29 Å². The van der Waals surface area contributed by atoms with Crippen molar-refractivity contribution < 1.29 is 18.0 Å². The number of alkyl halides is 3. The molecule has 2 N–H and O–H groups in total. The summed E-state index contributed by atoms with van der Waals surface area (Å²) in [4.78, 5) is 17.4. The number of benzene rings is 1. The van der Waals surface area contributed by atoms with Gasteiger partial charge in [0, 0.05) is 49.5 Å². The molecule has 0 radical (unpaired) electrons. The van der Waals surface area contributed by atoms with E-state index in [1.54, 1.807) is 11.1 Å². The highest BCUT2D eigenvalue weighted by Crippen LogP contribution is 2.35. The zero-order valence-corrected chi connectivity index (χ0v) is 16.5. The minimum atomic E-state index is -4.60. The van der Waals surface area contributed by atoms with Crippen LogP contribution in [0.1, 0.15) is 22.8 Å². The van der Waals surface area contributed by atoms with Gasteiger partial charge in [-0.05, 0) is 18.2 Å².